The van der Waals surface area contributed by atoms with Crippen LogP contribution in [0.2, 0.25) is 0 Å². The number of likely N-dealkylation sites (tertiary alicyclic amines) is 1. The summed E-state index contributed by atoms with van der Waals surface area (Å²) < 4.78 is 16.5. The van der Waals surface area contributed by atoms with Crippen molar-refractivity contribution in [1.82, 2.24) is 4.90 Å². The highest BCUT2D eigenvalue weighted by molar-refractivity contribution is 5.94. The Morgan fingerprint density at radius 3 is 2.66 bits per heavy atom. The van der Waals surface area contributed by atoms with Crippen molar-refractivity contribution < 1.29 is 23.8 Å². The van der Waals surface area contributed by atoms with Crippen molar-refractivity contribution in [3.8, 4) is 5.75 Å². The minimum Gasteiger partial charge on any atom is -0.490 e. The molecule has 182 valence electrons. The van der Waals surface area contributed by atoms with E-state index in [1.807, 2.05) is 6.07 Å². The van der Waals surface area contributed by atoms with Gasteiger partial charge in [0.1, 0.15) is 24.0 Å². The van der Waals surface area contributed by atoms with Gasteiger partial charge in [0.15, 0.2) is 0 Å². The van der Waals surface area contributed by atoms with Crippen molar-refractivity contribution in [2.24, 2.45) is 0 Å². The molecule has 35 heavy (non-hydrogen) atoms. The highest BCUT2D eigenvalue weighted by Crippen LogP contribution is 2.31. The topological polar surface area (TPSA) is 72.1 Å². The molecule has 6 heteroatoms. The lowest BCUT2D eigenvalue weighted by Crippen LogP contribution is -2.40. The van der Waals surface area contributed by atoms with Gasteiger partial charge in [0.05, 0.1) is 12.0 Å². The van der Waals surface area contributed by atoms with Crippen molar-refractivity contribution in [2.45, 2.75) is 31.8 Å². The van der Waals surface area contributed by atoms with E-state index in [0.29, 0.717) is 29.2 Å². The van der Waals surface area contributed by atoms with Crippen molar-refractivity contribution >= 4 is 27.7 Å². The summed E-state index contributed by atoms with van der Waals surface area (Å²) in [5, 5.41) is 13.9. The molecule has 2 heterocycles. The zero-order valence-electron chi connectivity index (χ0n) is 20.0. The van der Waals surface area contributed by atoms with Crippen molar-refractivity contribution in [1.29, 1.82) is 0 Å². The Labute approximate surface area is 205 Å². The van der Waals surface area contributed by atoms with Crippen LogP contribution in [0.3, 0.4) is 0 Å². The Hall–Kier alpha value is -3.35. The summed E-state index contributed by atoms with van der Waals surface area (Å²) in [5.74, 6) is 0.780. The van der Waals surface area contributed by atoms with E-state index in [1.54, 1.807) is 25.1 Å². The molecule has 3 aromatic carbocycles. The molecule has 1 atom stereocenters. The lowest BCUT2D eigenvalue weighted by Gasteiger charge is -2.33. The number of hydrogen-bond acceptors (Lipinski definition) is 6. The van der Waals surface area contributed by atoms with Gasteiger partial charge < -0.3 is 23.9 Å². The standard InChI is InChI=1S/C29H31NO5/c1-2-33-29(32)28-17-25-26(8-5-9-27(25)35-28)34-19-24(31)18-30-14-12-21(13-15-30)23-11-10-20-6-3-4-7-22(20)16-23/h3-11,16-17,21,24,31H,2,12-15,18-19H2,1H3/t24-/m0/s1. The van der Waals surface area contributed by atoms with Gasteiger partial charge in [0, 0.05) is 12.6 Å². The molecule has 1 saturated heterocycles. The van der Waals surface area contributed by atoms with Gasteiger partial charge in [-0.15, -0.1) is 0 Å². The van der Waals surface area contributed by atoms with E-state index in [9.17, 15) is 9.90 Å². The first-order valence-corrected chi connectivity index (χ1v) is 12.3. The molecule has 0 unspecified atom stereocenters. The minimum atomic E-state index is -0.612. The van der Waals surface area contributed by atoms with Crippen LogP contribution in [0, 0.1) is 0 Å². The molecule has 0 spiro atoms. The highest BCUT2D eigenvalue weighted by atomic mass is 16.5. The summed E-state index contributed by atoms with van der Waals surface area (Å²) in [6.07, 6.45) is 1.55. The van der Waals surface area contributed by atoms with Gasteiger partial charge in [0.2, 0.25) is 5.76 Å². The second-order valence-corrected chi connectivity index (χ2v) is 9.15. The van der Waals surface area contributed by atoms with Crippen LogP contribution in [0.5, 0.6) is 5.75 Å². The highest BCUT2D eigenvalue weighted by Gasteiger charge is 2.23. The zero-order valence-corrected chi connectivity index (χ0v) is 20.0. The number of piperidine rings is 1. The van der Waals surface area contributed by atoms with Crippen LogP contribution >= 0.6 is 0 Å². The second-order valence-electron chi connectivity index (χ2n) is 9.15. The summed E-state index contributed by atoms with van der Waals surface area (Å²) in [7, 11) is 0. The molecule has 0 aliphatic carbocycles. The number of furan rings is 1. The Balaban J connectivity index is 1.14. The molecular formula is C29H31NO5. The van der Waals surface area contributed by atoms with Gasteiger partial charge in [-0.2, -0.15) is 0 Å². The Kier molecular flexibility index (Phi) is 7.02. The van der Waals surface area contributed by atoms with Crippen LogP contribution in [0.4, 0.5) is 0 Å². The van der Waals surface area contributed by atoms with Gasteiger partial charge in [-0.1, -0.05) is 48.5 Å². The Morgan fingerprint density at radius 2 is 1.86 bits per heavy atom. The minimum absolute atomic E-state index is 0.146. The maximum absolute atomic E-state index is 12.0. The summed E-state index contributed by atoms with van der Waals surface area (Å²) >= 11 is 0. The number of aliphatic hydroxyl groups excluding tert-OH is 1. The predicted octanol–water partition coefficient (Wildman–Crippen LogP) is 5.38. The monoisotopic (exact) mass is 473 g/mol. The van der Waals surface area contributed by atoms with E-state index in [4.69, 9.17) is 13.9 Å². The van der Waals surface area contributed by atoms with E-state index < -0.39 is 12.1 Å². The molecule has 1 aliphatic heterocycles. The van der Waals surface area contributed by atoms with E-state index in [1.165, 1.54) is 16.3 Å². The summed E-state index contributed by atoms with van der Waals surface area (Å²) in [5.41, 5.74) is 1.96. The predicted molar refractivity (Wildman–Crippen MR) is 136 cm³/mol. The van der Waals surface area contributed by atoms with Crippen molar-refractivity contribution in [3.05, 3.63) is 78.1 Å². The second kappa shape index (κ2) is 10.5. The molecular weight excluding hydrogens is 442 g/mol. The SMILES string of the molecule is CCOC(=O)c1cc2c(OC[C@@H](O)CN3CCC(c4ccc5ccccc5c4)CC3)cccc2o1. The van der Waals surface area contributed by atoms with Crippen molar-refractivity contribution in [3.63, 3.8) is 0 Å². The lowest BCUT2D eigenvalue weighted by molar-refractivity contribution is 0.0492. The first-order chi connectivity index (χ1) is 17.1. The van der Waals surface area contributed by atoms with Crippen LogP contribution in [-0.4, -0.2) is 54.9 Å². The van der Waals surface area contributed by atoms with Crippen LogP contribution in [0.15, 0.2) is 71.1 Å². The number of aliphatic hydroxyl groups is 1. The average molecular weight is 474 g/mol. The molecule has 4 aromatic rings. The molecule has 6 nitrogen and oxygen atoms in total. The number of carbonyl (C=O) groups excluding carboxylic acids is 1. The Bertz CT molecular complexity index is 1300. The average Bonchev–Trinajstić information content (AvgIpc) is 3.33. The van der Waals surface area contributed by atoms with E-state index in [-0.39, 0.29) is 19.0 Å². The van der Waals surface area contributed by atoms with E-state index in [2.05, 4.69) is 47.4 Å². The van der Waals surface area contributed by atoms with Crippen LogP contribution in [0.25, 0.3) is 21.7 Å². The number of β-amino-alcohol motifs (C(OH)–C–C–N with tert-alkyl or cyclic N) is 1. The summed E-state index contributed by atoms with van der Waals surface area (Å²) in [4.78, 5) is 14.3. The molecule has 0 saturated carbocycles. The zero-order chi connectivity index (χ0) is 24.2. The lowest BCUT2D eigenvalue weighted by atomic mass is 9.88. The first kappa shape index (κ1) is 23.4. The molecule has 1 fully saturated rings. The number of nitrogens with zero attached hydrogens (tertiary/aromatic N) is 1. The fourth-order valence-electron chi connectivity index (χ4n) is 4.91. The van der Waals surface area contributed by atoms with Crippen LogP contribution in [-0.2, 0) is 4.74 Å². The third-order valence-electron chi connectivity index (χ3n) is 6.73. The number of carbonyl (C=O) groups is 1. The largest absolute Gasteiger partial charge is 0.490 e. The third kappa shape index (κ3) is 5.34. The maximum Gasteiger partial charge on any atom is 0.374 e. The molecule has 5 rings (SSSR count). The molecule has 1 aromatic heterocycles. The van der Waals surface area contributed by atoms with Gasteiger partial charge >= 0.3 is 5.97 Å². The van der Waals surface area contributed by atoms with Gasteiger partial charge in [-0.3, -0.25) is 0 Å². The quantitative estimate of drug-likeness (QED) is 0.346. The number of rotatable bonds is 8. The third-order valence-corrected chi connectivity index (χ3v) is 6.73. The number of fused-ring (bicyclic) bond motifs is 2. The van der Waals surface area contributed by atoms with Crippen LogP contribution in [0.1, 0.15) is 41.8 Å². The number of esters is 1. The van der Waals surface area contributed by atoms with Crippen molar-refractivity contribution in [2.75, 3.05) is 32.8 Å². The fourth-order valence-corrected chi connectivity index (χ4v) is 4.91. The van der Waals surface area contributed by atoms with Crippen LogP contribution < -0.4 is 4.74 Å². The molecule has 1 N–H and O–H groups in total. The first-order valence-electron chi connectivity index (χ1n) is 12.3. The molecule has 1 aliphatic rings. The van der Waals surface area contributed by atoms with E-state index in [0.717, 1.165) is 25.9 Å². The smallest absolute Gasteiger partial charge is 0.374 e. The number of benzene rings is 3. The van der Waals surface area contributed by atoms with E-state index >= 15 is 0 Å². The van der Waals surface area contributed by atoms with Gasteiger partial charge in [-0.25, -0.2) is 4.79 Å². The van der Waals surface area contributed by atoms with Gasteiger partial charge in [-0.05, 0) is 67.2 Å². The summed E-state index contributed by atoms with van der Waals surface area (Å²) in [6.45, 7) is 4.68. The Morgan fingerprint density at radius 1 is 1.06 bits per heavy atom. The molecule has 0 amide bonds. The normalized spacial score (nSPS) is 15.9. The number of ether oxygens (including phenoxy) is 2. The maximum atomic E-state index is 12.0. The number of hydrogen-bond donors (Lipinski definition) is 1. The summed E-state index contributed by atoms with van der Waals surface area (Å²) in [6, 6.07) is 22.3. The molecule has 0 bridgehead atoms. The fraction of sp³-hybridized carbons (Fsp3) is 0.345. The van der Waals surface area contributed by atoms with Gasteiger partial charge in [0.25, 0.3) is 0 Å². The molecule has 0 radical (unpaired) electrons.